The molecule has 0 bridgehead atoms. The highest BCUT2D eigenvalue weighted by Gasteiger charge is 1.96. The van der Waals surface area contributed by atoms with E-state index in [1.165, 1.54) is 128 Å². The van der Waals surface area contributed by atoms with Gasteiger partial charge in [-0.2, -0.15) is 0 Å². The van der Waals surface area contributed by atoms with Gasteiger partial charge in [-0.1, -0.05) is 103 Å². The predicted molar refractivity (Wildman–Crippen MR) is 136 cm³/mol. The third kappa shape index (κ3) is 29.9. The van der Waals surface area contributed by atoms with Crippen LogP contribution >= 0.6 is 0 Å². The fraction of sp³-hybridized carbons (Fsp3) is 1.00. The molecular formula is C28H58O3. The molecule has 0 aliphatic carbocycles. The average molecular weight is 443 g/mol. The quantitative estimate of drug-likeness (QED) is 0.113. The molecular weight excluding hydrogens is 384 g/mol. The van der Waals surface area contributed by atoms with Gasteiger partial charge in [-0.25, -0.2) is 0 Å². The number of rotatable bonds is 28. The standard InChI is InChI=1S/C28H58O3/c1-3-29-25-21-17-13-9-5-7-11-15-19-23-27-31-28-24-20-16-12-8-6-10-14-18-22-26-30-4-2/h3-28H2,1-2H3. The van der Waals surface area contributed by atoms with Gasteiger partial charge < -0.3 is 14.2 Å². The lowest BCUT2D eigenvalue weighted by atomic mass is 10.1. The van der Waals surface area contributed by atoms with Gasteiger partial charge in [0.1, 0.15) is 0 Å². The maximum Gasteiger partial charge on any atom is 0.0466 e. The molecule has 0 aliphatic rings. The molecule has 3 heteroatoms. The van der Waals surface area contributed by atoms with Crippen LogP contribution in [-0.2, 0) is 14.2 Å². The van der Waals surface area contributed by atoms with Crippen LogP contribution in [0.15, 0.2) is 0 Å². The third-order valence-corrected chi connectivity index (χ3v) is 6.06. The molecule has 3 nitrogen and oxygen atoms in total. The van der Waals surface area contributed by atoms with E-state index in [0.717, 1.165) is 39.6 Å². The third-order valence-electron chi connectivity index (χ3n) is 6.06. The zero-order valence-corrected chi connectivity index (χ0v) is 21.6. The van der Waals surface area contributed by atoms with E-state index in [1.807, 2.05) is 0 Å². The summed E-state index contributed by atoms with van der Waals surface area (Å²) in [6.07, 6.45) is 27.2. The van der Waals surface area contributed by atoms with Gasteiger partial charge in [0, 0.05) is 39.6 Å². The second-order valence-electron chi connectivity index (χ2n) is 9.08. The van der Waals surface area contributed by atoms with Crippen molar-refractivity contribution in [2.45, 2.75) is 142 Å². The van der Waals surface area contributed by atoms with Crippen LogP contribution < -0.4 is 0 Å². The summed E-state index contributed by atoms with van der Waals surface area (Å²) in [5.41, 5.74) is 0. The van der Waals surface area contributed by atoms with Crippen LogP contribution in [0.2, 0.25) is 0 Å². The first-order valence-electron chi connectivity index (χ1n) is 14.1. The molecule has 0 amide bonds. The minimum Gasteiger partial charge on any atom is -0.382 e. The first kappa shape index (κ1) is 30.9. The molecule has 0 saturated carbocycles. The first-order valence-corrected chi connectivity index (χ1v) is 14.1. The average Bonchev–Trinajstić information content (AvgIpc) is 2.78. The number of ether oxygens (including phenoxy) is 3. The Hall–Kier alpha value is -0.120. The van der Waals surface area contributed by atoms with Crippen molar-refractivity contribution in [1.82, 2.24) is 0 Å². The van der Waals surface area contributed by atoms with Crippen molar-refractivity contribution in [2.75, 3.05) is 39.6 Å². The molecule has 0 spiro atoms. The van der Waals surface area contributed by atoms with Gasteiger partial charge in [-0.3, -0.25) is 0 Å². The van der Waals surface area contributed by atoms with Gasteiger partial charge in [0.15, 0.2) is 0 Å². The smallest absolute Gasteiger partial charge is 0.0466 e. The molecule has 0 aromatic carbocycles. The van der Waals surface area contributed by atoms with Crippen molar-refractivity contribution >= 4 is 0 Å². The van der Waals surface area contributed by atoms with Crippen molar-refractivity contribution in [3.05, 3.63) is 0 Å². The van der Waals surface area contributed by atoms with Crippen molar-refractivity contribution in [2.24, 2.45) is 0 Å². The Morgan fingerprint density at radius 1 is 0.258 bits per heavy atom. The highest BCUT2D eigenvalue weighted by Crippen LogP contribution is 2.12. The van der Waals surface area contributed by atoms with Crippen LogP contribution in [0.5, 0.6) is 0 Å². The van der Waals surface area contributed by atoms with Crippen LogP contribution in [0.1, 0.15) is 142 Å². The normalized spacial score (nSPS) is 11.4. The summed E-state index contributed by atoms with van der Waals surface area (Å²) >= 11 is 0. The van der Waals surface area contributed by atoms with Gasteiger partial charge in [0.05, 0.1) is 0 Å². The fourth-order valence-electron chi connectivity index (χ4n) is 4.04. The van der Waals surface area contributed by atoms with Gasteiger partial charge in [-0.15, -0.1) is 0 Å². The monoisotopic (exact) mass is 442 g/mol. The summed E-state index contributed by atoms with van der Waals surface area (Å²) in [7, 11) is 0. The summed E-state index contributed by atoms with van der Waals surface area (Å²) < 4.78 is 16.6. The molecule has 0 atom stereocenters. The van der Waals surface area contributed by atoms with Crippen molar-refractivity contribution in [3.8, 4) is 0 Å². The van der Waals surface area contributed by atoms with Gasteiger partial charge in [-0.05, 0) is 39.5 Å². The van der Waals surface area contributed by atoms with Gasteiger partial charge >= 0.3 is 0 Å². The molecule has 0 unspecified atom stereocenters. The Morgan fingerprint density at radius 2 is 0.452 bits per heavy atom. The van der Waals surface area contributed by atoms with E-state index >= 15 is 0 Å². The molecule has 0 aromatic heterocycles. The molecule has 0 rings (SSSR count). The largest absolute Gasteiger partial charge is 0.382 e. The van der Waals surface area contributed by atoms with Crippen molar-refractivity contribution < 1.29 is 14.2 Å². The molecule has 188 valence electrons. The molecule has 0 saturated heterocycles. The van der Waals surface area contributed by atoms with E-state index < -0.39 is 0 Å². The highest BCUT2D eigenvalue weighted by molar-refractivity contribution is 4.50. The molecule has 31 heavy (non-hydrogen) atoms. The predicted octanol–water partition coefficient (Wildman–Crippen LogP) is 8.88. The molecule has 0 fully saturated rings. The van der Waals surface area contributed by atoms with E-state index in [2.05, 4.69) is 13.8 Å². The number of hydrogen-bond donors (Lipinski definition) is 0. The Labute approximate surface area is 196 Å². The lowest BCUT2D eigenvalue weighted by Crippen LogP contribution is -1.97. The highest BCUT2D eigenvalue weighted by atomic mass is 16.5. The van der Waals surface area contributed by atoms with Crippen LogP contribution in [0, 0.1) is 0 Å². The van der Waals surface area contributed by atoms with E-state index in [-0.39, 0.29) is 0 Å². The molecule has 0 heterocycles. The Bertz CT molecular complexity index is 268. The van der Waals surface area contributed by atoms with Crippen molar-refractivity contribution in [1.29, 1.82) is 0 Å². The van der Waals surface area contributed by atoms with Crippen LogP contribution in [0.25, 0.3) is 0 Å². The summed E-state index contributed by atoms with van der Waals surface area (Å²) in [4.78, 5) is 0. The fourth-order valence-corrected chi connectivity index (χ4v) is 4.04. The topological polar surface area (TPSA) is 27.7 Å². The lowest BCUT2D eigenvalue weighted by Gasteiger charge is -2.05. The Kier molecular flexibility index (Phi) is 29.8. The minimum absolute atomic E-state index is 0.863. The minimum atomic E-state index is 0.863. The number of hydrogen-bond acceptors (Lipinski definition) is 3. The Morgan fingerprint density at radius 3 is 0.677 bits per heavy atom. The molecule has 0 aliphatic heterocycles. The van der Waals surface area contributed by atoms with Crippen LogP contribution in [0.3, 0.4) is 0 Å². The van der Waals surface area contributed by atoms with E-state index in [4.69, 9.17) is 14.2 Å². The second-order valence-corrected chi connectivity index (χ2v) is 9.08. The second kappa shape index (κ2) is 29.9. The summed E-state index contributed by atoms with van der Waals surface area (Å²) in [6, 6.07) is 0. The van der Waals surface area contributed by atoms with Gasteiger partial charge in [0.25, 0.3) is 0 Å². The zero-order chi connectivity index (χ0) is 22.5. The molecule has 0 aromatic rings. The Balaban J connectivity index is 2.98. The lowest BCUT2D eigenvalue weighted by molar-refractivity contribution is 0.125. The maximum absolute atomic E-state index is 5.81. The van der Waals surface area contributed by atoms with Crippen molar-refractivity contribution in [3.63, 3.8) is 0 Å². The molecule has 0 N–H and O–H groups in total. The van der Waals surface area contributed by atoms with Gasteiger partial charge in [0.2, 0.25) is 0 Å². The van der Waals surface area contributed by atoms with Crippen LogP contribution in [0.4, 0.5) is 0 Å². The van der Waals surface area contributed by atoms with Crippen LogP contribution in [-0.4, -0.2) is 39.6 Å². The first-order chi connectivity index (χ1) is 15.4. The summed E-state index contributed by atoms with van der Waals surface area (Å²) in [6.45, 7) is 9.73. The van der Waals surface area contributed by atoms with E-state index in [1.54, 1.807) is 0 Å². The zero-order valence-electron chi connectivity index (χ0n) is 21.6. The number of unbranched alkanes of at least 4 members (excludes halogenated alkanes) is 18. The summed E-state index contributed by atoms with van der Waals surface area (Å²) in [5.74, 6) is 0. The maximum atomic E-state index is 5.81. The SMILES string of the molecule is CCOCCCCCCCCCCCCOCCCCCCCCCCCCOCC. The van der Waals surface area contributed by atoms with E-state index in [0.29, 0.717) is 0 Å². The van der Waals surface area contributed by atoms with E-state index in [9.17, 15) is 0 Å². The summed E-state index contributed by atoms with van der Waals surface area (Å²) in [5, 5.41) is 0. The molecule has 0 radical (unpaired) electrons.